The van der Waals surface area contributed by atoms with Crippen molar-refractivity contribution in [2.24, 2.45) is 11.1 Å². The van der Waals surface area contributed by atoms with Crippen molar-refractivity contribution in [2.75, 3.05) is 14.2 Å². The van der Waals surface area contributed by atoms with Crippen molar-refractivity contribution < 1.29 is 14.3 Å². The second-order valence-electron chi connectivity index (χ2n) is 5.37. The van der Waals surface area contributed by atoms with Crippen LogP contribution in [0.25, 0.3) is 0 Å². The molecule has 5 heteroatoms. The van der Waals surface area contributed by atoms with Crippen LogP contribution in [-0.2, 0) is 0 Å². The third-order valence-electron chi connectivity index (χ3n) is 2.97. The molecule has 0 amide bonds. The van der Waals surface area contributed by atoms with Gasteiger partial charge in [0.1, 0.15) is 16.0 Å². The molecular formula is C14H20BrNO3. The zero-order valence-electron chi connectivity index (χ0n) is 11.9. The summed E-state index contributed by atoms with van der Waals surface area (Å²) in [5.74, 6) is 0.912. The fourth-order valence-corrected chi connectivity index (χ4v) is 2.32. The molecule has 1 aromatic carbocycles. The van der Waals surface area contributed by atoms with Crippen molar-refractivity contribution >= 4 is 21.7 Å². The van der Waals surface area contributed by atoms with Crippen LogP contribution in [0.15, 0.2) is 16.6 Å². The Morgan fingerprint density at radius 3 is 2.26 bits per heavy atom. The zero-order chi connectivity index (χ0) is 14.8. The van der Waals surface area contributed by atoms with E-state index >= 15 is 0 Å². The molecule has 4 nitrogen and oxygen atoms in total. The highest BCUT2D eigenvalue weighted by Gasteiger charge is 2.31. The van der Waals surface area contributed by atoms with Crippen molar-refractivity contribution in [3.8, 4) is 11.5 Å². The quantitative estimate of drug-likeness (QED) is 0.862. The van der Waals surface area contributed by atoms with Crippen LogP contribution in [0.4, 0.5) is 0 Å². The van der Waals surface area contributed by atoms with E-state index in [4.69, 9.17) is 15.2 Å². The summed E-state index contributed by atoms with van der Waals surface area (Å²) in [7, 11) is 3.07. The Hall–Kier alpha value is -1.07. The molecule has 19 heavy (non-hydrogen) atoms. The fourth-order valence-electron chi connectivity index (χ4n) is 1.65. The molecule has 0 aliphatic rings. The summed E-state index contributed by atoms with van der Waals surface area (Å²) >= 11 is 3.38. The fraction of sp³-hybridized carbons (Fsp3) is 0.500. The first-order valence-corrected chi connectivity index (χ1v) is 6.73. The molecule has 0 aliphatic heterocycles. The van der Waals surface area contributed by atoms with Gasteiger partial charge in [0.25, 0.3) is 0 Å². The predicted molar refractivity (Wildman–Crippen MR) is 79.0 cm³/mol. The first-order chi connectivity index (χ1) is 8.73. The standard InChI is InChI=1S/C14H20BrNO3/c1-14(2,3)13(16)11(17)8-6-7-9(18-4)10(15)12(8)19-5/h6-7,13H,16H2,1-5H3. The van der Waals surface area contributed by atoms with Crippen molar-refractivity contribution in [2.45, 2.75) is 26.8 Å². The van der Waals surface area contributed by atoms with Gasteiger partial charge in [-0.05, 0) is 33.5 Å². The van der Waals surface area contributed by atoms with Gasteiger partial charge in [-0.3, -0.25) is 4.79 Å². The number of carbonyl (C=O) groups is 1. The third kappa shape index (κ3) is 3.28. The Morgan fingerprint density at radius 1 is 1.26 bits per heavy atom. The Labute approximate surface area is 122 Å². The van der Waals surface area contributed by atoms with Gasteiger partial charge in [0.15, 0.2) is 5.78 Å². The van der Waals surface area contributed by atoms with Crippen LogP contribution in [0, 0.1) is 5.41 Å². The van der Waals surface area contributed by atoms with Crippen LogP contribution in [0.3, 0.4) is 0 Å². The summed E-state index contributed by atoms with van der Waals surface area (Å²) in [5, 5.41) is 0. The smallest absolute Gasteiger partial charge is 0.183 e. The predicted octanol–water partition coefficient (Wildman–Crippen LogP) is 3.02. The van der Waals surface area contributed by atoms with E-state index in [1.54, 1.807) is 19.2 Å². The minimum absolute atomic E-state index is 0.146. The van der Waals surface area contributed by atoms with Crippen LogP contribution < -0.4 is 15.2 Å². The van der Waals surface area contributed by atoms with Crippen molar-refractivity contribution in [3.05, 3.63) is 22.2 Å². The number of hydrogen-bond donors (Lipinski definition) is 1. The largest absolute Gasteiger partial charge is 0.495 e. The van der Waals surface area contributed by atoms with Crippen LogP contribution in [0.1, 0.15) is 31.1 Å². The molecule has 1 rings (SSSR count). The van der Waals surface area contributed by atoms with E-state index in [1.165, 1.54) is 7.11 Å². The van der Waals surface area contributed by atoms with Gasteiger partial charge in [-0.15, -0.1) is 0 Å². The first-order valence-electron chi connectivity index (χ1n) is 5.94. The maximum Gasteiger partial charge on any atom is 0.183 e. The number of hydrogen-bond acceptors (Lipinski definition) is 4. The summed E-state index contributed by atoms with van der Waals surface area (Å²) in [6, 6.07) is 2.80. The summed E-state index contributed by atoms with van der Waals surface area (Å²) in [6.45, 7) is 5.79. The van der Waals surface area contributed by atoms with E-state index in [1.807, 2.05) is 20.8 Å². The van der Waals surface area contributed by atoms with Gasteiger partial charge in [0.05, 0.1) is 25.8 Å². The van der Waals surface area contributed by atoms with Gasteiger partial charge in [0, 0.05) is 0 Å². The summed E-state index contributed by atoms with van der Waals surface area (Å²) in [6.07, 6.45) is 0. The summed E-state index contributed by atoms with van der Waals surface area (Å²) in [5.41, 5.74) is 6.16. The second-order valence-corrected chi connectivity index (χ2v) is 6.16. The van der Waals surface area contributed by atoms with E-state index in [0.29, 0.717) is 21.5 Å². The van der Waals surface area contributed by atoms with Gasteiger partial charge in [-0.2, -0.15) is 0 Å². The van der Waals surface area contributed by atoms with Gasteiger partial charge in [-0.25, -0.2) is 0 Å². The number of halogens is 1. The lowest BCUT2D eigenvalue weighted by Crippen LogP contribution is -2.42. The number of benzene rings is 1. The highest BCUT2D eigenvalue weighted by molar-refractivity contribution is 9.10. The molecule has 0 saturated heterocycles. The molecule has 1 aromatic rings. The number of Topliss-reactive ketones (excluding diaryl/α,β-unsaturated/α-hetero) is 1. The summed E-state index contributed by atoms with van der Waals surface area (Å²) in [4.78, 5) is 12.5. The molecule has 0 fully saturated rings. The van der Waals surface area contributed by atoms with Gasteiger partial charge < -0.3 is 15.2 Å². The molecule has 0 aliphatic carbocycles. The lowest BCUT2D eigenvalue weighted by atomic mass is 9.82. The van der Waals surface area contributed by atoms with Gasteiger partial charge in [-0.1, -0.05) is 20.8 Å². The maximum absolute atomic E-state index is 12.5. The minimum atomic E-state index is -0.596. The number of nitrogens with two attached hydrogens (primary N) is 1. The number of carbonyl (C=O) groups excluding carboxylic acids is 1. The first kappa shape index (κ1) is 16.0. The molecule has 1 atom stereocenters. The Balaban J connectivity index is 3.28. The van der Waals surface area contributed by atoms with E-state index in [9.17, 15) is 4.79 Å². The molecule has 2 N–H and O–H groups in total. The molecule has 0 heterocycles. The third-order valence-corrected chi connectivity index (χ3v) is 3.72. The van der Waals surface area contributed by atoms with Crippen LogP contribution in [-0.4, -0.2) is 26.0 Å². The van der Waals surface area contributed by atoms with Crippen LogP contribution in [0.2, 0.25) is 0 Å². The van der Waals surface area contributed by atoms with E-state index in [0.717, 1.165) is 0 Å². The van der Waals surface area contributed by atoms with E-state index in [-0.39, 0.29) is 11.2 Å². The number of ether oxygens (including phenoxy) is 2. The Morgan fingerprint density at radius 2 is 1.84 bits per heavy atom. The lowest BCUT2D eigenvalue weighted by Gasteiger charge is -2.26. The van der Waals surface area contributed by atoms with Gasteiger partial charge in [0.2, 0.25) is 0 Å². The number of rotatable bonds is 4. The van der Waals surface area contributed by atoms with Crippen molar-refractivity contribution in [1.29, 1.82) is 0 Å². The average Bonchev–Trinajstić information content (AvgIpc) is 2.35. The molecular weight excluding hydrogens is 310 g/mol. The van der Waals surface area contributed by atoms with Crippen LogP contribution >= 0.6 is 15.9 Å². The monoisotopic (exact) mass is 329 g/mol. The van der Waals surface area contributed by atoms with E-state index < -0.39 is 6.04 Å². The van der Waals surface area contributed by atoms with E-state index in [2.05, 4.69) is 15.9 Å². The minimum Gasteiger partial charge on any atom is -0.495 e. The van der Waals surface area contributed by atoms with Crippen molar-refractivity contribution in [3.63, 3.8) is 0 Å². The molecule has 106 valence electrons. The molecule has 0 spiro atoms. The molecule has 0 saturated carbocycles. The Bertz CT molecular complexity index is 480. The van der Waals surface area contributed by atoms with Crippen molar-refractivity contribution in [1.82, 2.24) is 0 Å². The molecule has 0 aromatic heterocycles. The number of ketones is 1. The van der Waals surface area contributed by atoms with Crippen LogP contribution in [0.5, 0.6) is 11.5 Å². The number of methoxy groups -OCH3 is 2. The van der Waals surface area contributed by atoms with Gasteiger partial charge >= 0.3 is 0 Å². The molecule has 0 radical (unpaired) electrons. The topological polar surface area (TPSA) is 61.5 Å². The average molecular weight is 330 g/mol. The lowest BCUT2D eigenvalue weighted by molar-refractivity contribution is 0.0898. The highest BCUT2D eigenvalue weighted by Crippen LogP contribution is 2.38. The Kier molecular flexibility index (Phi) is 4.98. The SMILES string of the molecule is COc1ccc(C(=O)C(N)C(C)(C)C)c(OC)c1Br. The highest BCUT2D eigenvalue weighted by atomic mass is 79.9. The summed E-state index contributed by atoms with van der Waals surface area (Å²) < 4.78 is 11.1. The zero-order valence-corrected chi connectivity index (χ0v) is 13.5. The molecule has 1 unspecified atom stereocenters. The molecule has 0 bridgehead atoms. The maximum atomic E-state index is 12.5. The normalized spacial score (nSPS) is 13.0. The second kappa shape index (κ2) is 5.92.